The second kappa shape index (κ2) is 3.59. The average Bonchev–Trinajstić information content (AvgIpc) is 2.98. The van der Waals surface area contributed by atoms with Crippen molar-refractivity contribution in [1.29, 1.82) is 0 Å². The molecule has 3 rings (SSSR count). The van der Waals surface area contributed by atoms with Crippen molar-refractivity contribution < 1.29 is 4.42 Å². The summed E-state index contributed by atoms with van der Waals surface area (Å²) in [4.78, 5) is 4.55. The first-order valence-electron chi connectivity index (χ1n) is 5.20. The highest BCUT2D eigenvalue weighted by Gasteiger charge is 2.28. The molecule has 1 saturated heterocycles. The van der Waals surface area contributed by atoms with E-state index in [9.17, 15) is 0 Å². The summed E-state index contributed by atoms with van der Waals surface area (Å²) in [6.07, 6.45) is 4.42. The lowest BCUT2D eigenvalue weighted by Gasteiger charge is -2.19. The lowest BCUT2D eigenvalue weighted by atomic mass is 10.3. The van der Waals surface area contributed by atoms with Crippen molar-refractivity contribution in [3.8, 4) is 0 Å². The fourth-order valence-electron chi connectivity index (χ4n) is 1.75. The van der Waals surface area contributed by atoms with Gasteiger partial charge in [0, 0.05) is 24.0 Å². The van der Waals surface area contributed by atoms with E-state index in [0.29, 0.717) is 12.0 Å². The third kappa shape index (κ3) is 1.68. The molecule has 76 valence electrons. The Morgan fingerprint density at radius 3 is 3.14 bits per heavy atom. The van der Waals surface area contributed by atoms with Crippen LogP contribution in [0, 0.1) is 0 Å². The molecular weight excluding hydrogens is 196 g/mol. The molecule has 14 heavy (non-hydrogen) atoms. The van der Waals surface area contributed by atoms with Crippen LogP contribution in [0.4, 0.5) is 0 Å². The first-order chi connectivity index (χ1) is 6.93. The van der Waals surface area contributed by atoms with Crippen molar-refractivity contribution in [1.82, 2.24) is 10.3 Å². The average molecular weight is 210 g/mol. The lowest BCUT2D eigenvalue weighted by Crippen LogP contribution is -2.30. The molecule has 0 aromatic carbocycles. The molecule has 2 heterocycles. The molecule has 2 aliphatic rings. The Labute approximate surface area is 87.7 Å². The van der Waals surface area contributed by atoms with Gasteiger partial charge in [0.05, 0.1) is 11.7 Å². The quantitative estimate of drug-likeness (QED) is 0.809. The molecule has 0 radical (unpaired) electrons. The lowest BCUT2D eigenvalue weighted by molar-refractivity contribution is 0.422. The number of nitrogens with zero attached hydrogens (tertiary/aromatic N) is 1. The Bertz CT molecular complexity index is 316. The van der Waals surface area contributed by atoms with E-state index < -0.39 is 0 Å². The van der Waals surface area contributed by atoms with Crippen LogP contribution in [0.3, 0.4) is 0 Å². The van der Waals surface area contributed by atoms with Crippen LogP contribution in [0.15, 0.2) is 10.7 Å². The topological polar surface area (TPSA) is 38.1 Å². The maximum atomic E-state index is 5.52. The number of aromatic nitrogens is 1. The number of hydrogen-bond donors (Lipinski definition) is 1. The van der Waals surface area contributed by atoms with Crippen LogP contribution >= 0.6 is 11.8 Å². The van der Waals surface area contributed by atoms with Crippen molar-refractivity contribution in [2.75, 3.05) is 18.1 Å². The highest BCUT2D eigenvalue weighted by molar-refractivity contribution is 7.99. The highest BCUT2D eigenvalue weighted by atomic mass is 32.2. The number of rotatable bonds is 2. The maximum Gasteiger partial charge on any atom is 0.212 e. The molecular formula is C10H14N2OS. The summed E-state index contributed by atoms with van der Waals surface area (Å²) in [5.74, 6) is 3.87. The highest BCUT2D eigenvalue weighted by Crippen LogP contribution is 2.39. The summed E-state index contributed by atoms with van der Waals surface area (Å²) in [6, 6.07) is 0.334. The summed E-state index contributed by atoms with van der Waals surface area (Å²) < 4.78 is 5.52. The zero-order chi connectivity index (χ0) is 9.38. The van der Waals surface area contributed by atoms with Crippen LogP contribution < -0.4 is 5.32 Å². The van der Waals surface area contributed by atoms with E-state index in [1.54, 1.807) is 0 Å². The second-order valence-corrected chi connectivity index (χ2v) is 5.12. The van der Waals surface area contributed by atoms with Gasteiger partial charge in [-0.3, -0.25) is 0 Å². The Hall–Kier alpha value is -0.480. The van der Waals surface area contributed by atoms with E-state index in [0.717, 1.165) is 23.9 Å². The van der Waals surface area contributed by atoms with Crippen molar-refractivity contribution >= 4 is 11.8 Å². The summed E-state index contributed by atoms with van der Waals surface area (Å²) in [7, 11) is 0. The van der Waals surface area contributed by atoms with Crippen LogP contribution in [0.5, 0.6) is 0 Å². The summed E-state index contributed by atoms with van der Waals surface area (Å²) in [6.45, 7) is 1.07. The number of nitrogens with one attached hydrogen (secondary N) is 1. The predicted molar refractivity (Wildman–Crippen MR) is 56.5 cm³/mol. The third-order valence-electron chi connectivity index (χ3n) is 2.76. The van der Waals surface area contributed by atoms with Gasteiger partial charge in [0.1, 0.15) is 6.26 Å². The van der Waals surface area contributed by atoms with Gasteiger partial charge in [-0.2, -0.15) is 11.8 Å². The van der Waals surface area contributed by atoms with Gasteiger partial charge in [-0.1, -0.05) is 0 Å². The number of hydrogen-bond acceptors (Lipinski definition) is 4. The first-order valence-corrected chi connectivity index (χ1v) is 6.35. The molecule has 1 aromatic rings. The minimum Gasteiger partial charge on any atom is -0.447 e. The van der Waals surface area contributed by atoms with Gasteiger partial charge in [-0.05, 0) is 12.8 Å². The van der Waals surface area contributed by atoms with Crippen molar-refractivity contribution in [3.63, 3.8) is 0 Å². The molecule has 0 bridgehead atoms. The molecule has 1 unspecified atom stereocenters. The van der Waals surface area contributed by atoms with E-state index in [1.165, 1.54) is 18.6 Å². The first kappa shape index (κ1) is 8.80. The fraction of sp³-hybridized carbons (Fsp3) is 0.700. The molecule has 0 amide bonds. The fourth-order valence-corrected chi connectivity index (χ4v) is 2.68. The van der Waals surface area contributed by atoms with E-state index in [-0.39, 0.29) is 0 Å². The molecule has 2 fully saturated rings. The van der Waals surface area contributed by atoms with Crippen molar-refractivity contribution in [2.24, 2.45) is 0 Å². The number of oxazole rings is 1. The van der Waals surface area contributed by atoms with Crippen LogP contribution in [-0.2, 0) is 0 Å². The van der Waals surface area contributed by atoms with Gasteiger partial charge in [-0.15, -0.1) is 0 Å². The monoisotopic (exact) mass is 210 g/mol. The van der Waals surface area contributed by atoms with Gasteiger partial charge < -0.3 is 9.73 Å². The van der Waals surface area contributed by atoms with Crippen LogP contribution in [0.25, 0.3) is 0 Å². The predicted octanol–water partition coefficient (Wildman–Crippen LogP) is 1.93. The second-order valence-electron chi connectivity index (χ2n) is 3.97. The minimum atomic E-state index is 0.334. The minimum absolute atomic E-state index is 0.334. The standard InChI is InChI=1S/C10H14N2OS/c1-2-7(1)8-5-13-10(12-8)9-6-14-4-3-11-9/h5,7,9,11H,1-4,6H2. The summed E-state index contributed by atoms with van der Waals surface area (Å²) in [5, 5.41) is 3.43. The molecule has 1 aliphatic heterocycles. The van der Waals surface area contributed by atoms with E-state index >= 15 is 0 Å². The van der Waals surface area contributed by atoms with Gasteiger partial charge in [0.15, 0.2) is 0 Å². The molecule has 1 aromatic heterocycles. The number of thioether (sulfide) groups is 1. The largest absolute Gasteiger partial charge is 0.447 e. The van der Waals surface area contributed by atoms with Crippen LogP contribution in [0.2, 0.25) is 0 Å². The van der Waals surface area contributed by atoms with Crippen molar-refractivity contribution in [2.45, 2.75) is 24.8 Å². The third-order valence-corrected chi connectivity index (χ3v) is 3.82. The van der Waals surface area contributed by atoms with Gasteiger partial charge in [0.25, 0.3) is 0 Å². The summed E-state index contributed by atoms with van der Waals surface area (Å²) in [5.41, 5.74) is 1.16. The molecule has 1 atom stereocenters. The van der Waals surface area contributed by atoms with Gasteiger partial charge >= 0.3 is 0 Å². The normalized spacial score (nSPS) is 27.9. The Balaban J connectivity index is 1.74. The SMILES string of the molecule is c1oc(C2CSCCN2)nc1C1CC1. The molecule has 0 spiro atoms. The van der Waals surface area contributed by atoms with Crippen LogP contribution in [-0.4, -0.2) is 23.0 Å². The molecule has 1 aliphatic carbocycles. The zero-order valence-corrected chi connectivity index (χ0v) is 8.85. The van der Waals surface area contributed by atoms with E-state index in [1.807, 2.05) is 18.0 Å². The van der Waals surface area contributed by atoms with Crippen LogP contribution in [0.1, 0.15) is 36.4 Å². The van der Waals surface area contributed by atoms with E-state index in [2.05, 4.69) is 10.3 Å². The Morgan fingerprint density at radius 2 is 2.43 bits per heavy atom. The smallest absolute Gasteiger partial charge is 0.212 e. The van der Waals surface area contributed by atoms with Gasteiger partial charge in [-0.25, -0.2) is 4.98 Å². The van der Waals surface area contributed by atoms with Gasteiger partial charge in [0.2, 0.25) is 5.89 Å². The molecule has 3 nitrogen and oxygen atoms in total. The molecule has 1 N–H and O–H groups in total. The molecule has 4 heteroatoms. The van der Waals surface area contributed by atoms with Crippen molar-refractivity contribution in [3.05, 3.63) is 17.8 Å². The van der Waals surface area contributed by atoms with E-state index in [4.69, 9.17) is 4.42 Å². The Morgan fingerprint density at radius 1 is 1.50 bits per heavy atom. The molecule has 1 saturated carbocycles. The summed E-state index contributed by atoms with van der Waals surface area (Å²) >= 11 is 1.97. The maximum absolute atomic E-state index is 5.52. The Kier molecular flexibility index (Phi) is 2.25. The zero-order valence-electron chi connectivity index (χ0n) is 8.03.